The molecule has 0 aromatic heterocycles. The van der Waals surface area contributed by atoms with Crippen molar-refractivity contribution in [1.82, 2.24) is 0 Å². The Balaban J connectivity index is 2.16. The van der Waals surface area contributed by atoms with Gasteiger partial charge in [0, 0.05) is 0 Å². The van der Waals surface area contributed by atoms with Gasteiger partial charge in [-0.15, -0.1) is 0 Å². The highest BCUT2D eigenvalue weighted by Gasteiger charge is 1.97. The molecule has 0 bridgehead atoms. The number of nitrogens with zero attached hydrogens (tertiary/aromatic N) is 2. The van der Waals surface area contributed by atoms with E-state index in [4.69, 9.17) is 22.1 Å². The first-order valence-electron chi connectivity index (χ1n) is 5.30. The van der Waals surface area contributed by atoms with Crippen LogP contribution >= 0.6 is 11.6 Å². The minimum Gasteiger partial charge on any atom is -0.497 e. The highest BCUT2D eigenvalue weighted by molar-refractivity contribution is 6.33. The number of hydrogen-bond acceptors (Lipinski definition) is 4. The minimum atomic E-state index is 0.473. The zero-order chi connectivity index (χ0) is 13.0. The van der Waals surface area contributed by atoms with Crippen LogP contribution in [0, 0.1) is 0 Å². The van der Waals surface area contributed by atoms with Crippen LogP contribution in [-0.4, -0.2) is 7.11 Å². The van der Waals surface area contributed by atoms with Gasteiger partial charge >= 0.3 is 0 Å². The predicted molar refractivity (Wildman–Crippen MR) is 73.0 cm³/mol. The third kappa shape index (κ3) is 2.99. The largest absolute Gasteiger partial charge is 0.497 e. The van der Waals surface area contributed by atoms with Gasteiger partial charge in [-0.25, -0.2) is 0 Å². The zero-order valence-corrected chi connectivity index (χ0v) is 10.6. The maximum Gasteiger partial charge on any atom is 0.119 e. The van der Waals surface area contributed by atoms with Crippen molar-refractivity contribution in [3.05, 3.63) is 47.5 Å². The Morgan fingerprint density at radius 3 is 2.22 bits per heavy atom. The maximum atomic E-state index is 5.89. The third-order valence-corrected chi connectivity index (χ3v) is 2.66. The fourth-order valence-electron chi connectivity index (χ4n) is 1.34. The molecule has 0 atom stereocenters. The highest BCUT2D eigenvalue weighted by Crippen LogP contribution is 2.26. The van der Waals surface area contributed by atoms with E-state index in [9.17, 15) is 0 Å². The van der Waals surface area contributed by atoms with Gasteiger partial charge in [0.2, 0.25) is 0 Å². The number of halogens is 1. The van der Waals surface area contributed by atoms with Crippen LogP contribution in [0.2, 0.25) is 5.02 Å². The molecule has 2 aromatic rings. The molecule has 0 spiro atoms. The lowest BCUT2D eigenvalue weighted by Crippen LogP contribution is -1.83. The van der Waals surface area contributed by atoms with Gasteiger partial charge in [0.25, 0.3) is 0 Å². The number of nitrogen functional groups attached to an aromatic ring is 1. The van der Waals surface area contributed by atoms with Gasteiger partial charge < -0.3 is 10.5 Å². The molecule has 92 valence electrons. The van der Waals surface area contributed by atoms with E-state index in [2.05, 4.69) is 10.2 Å². The van der Waals surface area contributed by atoms with Crippen LogP contribution in [0.15, 0.2) is 52.7 Å². The summed E-state index contributed by atoms with van der Waals surface area (Å²) in [5.41, 5.74) is 7.53. The average molecular weight is 262 g/mol. The summed E-state index contributed by atoms with van der Waals surface area (Å²) in [5.74, 6) is 0.782. The molecule has 0 aliphatic carbocycles. The molecule has 0 aliphatic rings. The van der Waals surface area contributed by atoms with E-state index in [1.165, 1.54) is 0 Å². The van der Waals surface area contributed by atoms with Crippen molar-refractivity contribution in [2.45, 2.75) is 0 Å². The van der Waals surface area contributed by atoms with Gasteiger partial charge in [0.15, 0.2) is 0 Å². The zero-order valence-electron chi connectivity index (χ0n) is 9.80. The lowest BCUT2D eigenvalue weighted by molar-refractivity contribution is 0.415. The summed E-state index contributed by atoms with van der Waals surface area (Å²) >= 11 is 5.89. The van der Waals surface area contributed by atoms with Gasteiger partial charge in [-0.1, -0.05) is 11.6 Å². The van der Waals surface area contributed by atoms with Crippen LogP contribution in [0.25, 0.3) is 0 Å². The number of nitrogens with two attached hydrogens (primary N) is 1. The number of anilines is 1. The molecule has 0 fully saturated rings. The summed E-state index contributed by atoms with van der Waals surface area (Å²) in [4.78, 5) is 0. The van der Waals surface area contributed by atoms with E-state index in [1.807, 2.05) is 24.3 Å². The first kappa shape index (κ1) is 12.4. The van der Waals surface area contributed by atoms with Crippen molar-refractivity contribution < 1.29 is 4.74 Å². The summed E-state index contributed by atoms with van der Waals surface area (Å²) in [5, 5.41) is 8.64. The van der Waals surface area contributed by atoms with E-state index in [0.717, 1.165) is 11.4 Å². The Labute approximate surface area is 110 Å². The summed E-state index contributed by atoms with van der Waals surface area (Å²) in [6, 6.07) is 12.4. The SMILES string of the molecule is COc1ccc(N=Nc2ccc(N)c(Cl)c2)cc1. The Hall–Kier alpha value is -2.07. The summed E-state index contributed by atoms with van der Waals surface area (Å²) in [6.45, 7) is 0. The van der Waals surface area contributed by atoms with Gasteiger partial charge in [-0.3, -0.25) is 0 Å². The summed E-state index contributed by atoms with van der Waals surface area (Å²) in [6.07, 6.45) is 0. The summed E-state index contributed by atoms with van der Waals surface area (Å²) < 4.78 is 5.06. The number of azo groups is 1. The molecule has 0 unspecified atom stereocenters. The van der Waals surface area contributed by atoms with E-state index in [0.29, 0.717) is 16.4 Å². The molecule has 0 heterocycles. The van der Waals surface area contributed by atoms with Crippen molar-refractivity contribution in [2.24, 2.45) is 10.2 Å². The number of ether oxygens (including phenoxy) is 1. The molecule has 0 aliphatic heterocycles. The first-order valence-corrected chi connectivity index (χ1v) is 5.67. The molecule has 2 N–H and O–H groups in total. The minimum absolute atomic E-state index is 0.473. The third-order valence-electron chi connectivity index (χ3n) is 2.34. The lowest BCUT2D eigenvalue weighted by Gasteiger charge is -1.99. The van der Waals surface area contributed by atoms with Crippen molar-refractivity contribution in [1.29, 1.82) is 0 Å². The smallest absolute Gasteiger partial charge is 0.119 e. The van der Waals surface area contributed by atoms with E-state index >= 15 is 0 Å². The number of methoxy groups -OCH3 is 1. The van der Waals surface area contributed by atoms with Crippen LogP contribution in [-0.2, 0) is 0 Å². The van der Waals surface area contributed by atoms with Crippen LogP contribution in [0.1, 0.15) is 0 Å². The van der Waals surface area contributed by atoms with Gasteiger partial charge in [-0.05, 0) is 42.5 Å². The topological polar surface area (TPSA) is 60.0 Å². The molecule has 2 aromatic carbocycles. The van der Waals surface area contributed by atoms with Gasteiger partial charge in [0.1, 0.15) is 5.75 Å². The Morgan fingerprint density at radius 2 is 1.61 bits per heavy atom. The number of hydrogen-bond donors (Lipinski definition) is 1. The van der Waals surface area contributed by atoms with Crippen molar-refractivity contribution in [2.75, 3.05) is 12.8 Å². The predicted octanol–water partition coefficient (Wildman–Crippen LogP) is 4.35. The molecule has 0 saturated carbocycles. The molecule has 2 rings (SSSR count). The molecular weight excluding hydrogens is 250 g/mol. The second-order valence-electron chi connectivity index (χ2n) is 3.60. The molecule has 0 radical (unpaired) electrons. The number of benzene rings is 2. The first-order chi connectivity index (χ1) is 8.69. The van der Waals surface area contributed by atoms with Gasteiger partial charge in [0.05, 0.1) is 29.2 Å². The van der Waals surface area contributed by atoms with Crippen molar-refractivity contribution >= 4 is 28.7 Å². The standard InChI is InChI=1S/C13H12ClN3O/c1-18-11-5-2-9(3-6-11)16-17-10-4-7-13(15)12(14)8-10/h2-8H,15H2,1H3. The molecule has 0 saturated heterocycles. The fraction of sp³-hybridized carbons (Fsp3) is 0.0769. The molecule has 18 heavy (non-hydrogen) atoms. The van der Waals surface area contributed by atoms with Crippen molar-refractivity contribution in [3.63, 3.8) is 0 Å². The average Bonchev–Trinajstić information content (AvgIpc) is 2.41. The van der Waals surface area contributed by atoms with Gasteiger partial charge in [-0.2, -0.15) is 10.2 Å². The van der Waals surface area contributed by atoms with E-state index < -0.39 is 0 Å². The molecule has 0 amide bonds. The molecule has 5 heteroatoms. The normalized spacial score (nSPS) is 10.8. The Morgan fingerprint density at radius 1 is 1.00 bits per heavy atom. The van der Waals surface area contributed by atoms with Crippen LogP contribution in [0.5, 0.6) is 5.75 Å². The molecule has 4 nitrogen and oxygen atoms in total. The highest BCUT2D eigenvalue weighted by atomic mass is 35.5. The van der Waals surface area contributed by atoms with Crippen LogP contribution < -0.4 is 10.5 Å². The maximum absolute atomic E-state index is 5.89. The fourth-order valence-corrected chi connectivity index (χ4v) is 1.52. The lowest BCUT2D eigenvalue weighted by atomic mass is 10.3. The Kier molecular flexibility index (Phi) is 3.79. The monoisotopic (exact) mass is 261 g/mol. The number of rotatable bonds is 3. The second kappa shape index (κ2) is 5.51. The van der Waals surface area contributed by atoms with Crippen LogP contribution in [0.3, 0.4) is 0 Å². The van der Waals surface area contributed by atoms with Crippen molar-refractivity contribution in [3.8, 4) is 5.75 Å². The summed E-state index contributed by atoms with van der Waals surface area (Å²) in [7, 11) is 1.62. The quantitative estimate of drug-likeness (QED) is 0.660. The second-order valence-corrected chi connectivity index (χ2v) is 4.01. The van der Waals surface area contributed by atoms with E-state index in [-0.39, 0.29) is 0 Å². The molecular formula is C13H12ClN3O. The van der Waals surface area contributed by atoms with E-state index in [1.54, 1.807) is 25.3 Å². The van der Waals surface area contributed by atoms with Crippen LogP contribution in [0.4, 0.5) is 17.1 Å². The Bertz CT molecular complexity index is 567.